The zero-order chi connectivity index (χ0) is 13.9. The molecule has 0 fully saturated rings. The van der Waals surface area contributed by atoms with Crippen LogP contribution < -0.4 is 4.72 Å². The van der Waals surface area contributed by atoms with Gasteiger partial charge in [0.1, 0.15) is 0 Å². The van der Waals surface area contributed by atoms with E-state index < -0.39 is 10.0 Å². The molecule has 1 aromatic heterocycles. The third kappa shape index (κ3) is 3.81. The molecule has 0 saturated carbocycles. The molecule has 0 aliphatic carbocycles. The molecule has 2 aromatic rings. The molecule has 0 aliphatic heterocycles. The summed E-state index contributed by atoms with van der Waals surface area (Å²) in [6.07, 6.45) is 1.35. The molecular formula is C14H20N2O2S. The number of aromatic nitrogens is 1. The van der Waals surface area contributed by atoms with E-state index >= 15 is 0 Å². The number of sulfonamides is 1. The highest BCUT2D eigenvalue weighted by molar-refractivity contribution is 7.89. The van der Waals surface area contributed by atoms with E-state index in [0.717, 1.165) is 16.8 Å². The second-order valence-electron chi connectivity index (χ2n) is 4.84. The summed E-state index contributed by atoms with van der Waals surface area (Å²) < 4.78 is 25.7. The summed E-state index contributed by atoms with van der Waals surface area (Å²) >= 11 is 0. The number of hydrogen-bond acceptors (Lipinski definition) is 2. The second kappa shape index (κ2) is 5.75. The van der Waals surface area contributed by atoms with Crippen molar-refractivity contribution in [2.24, 2.45) is 0 Å². The summed E-state index contributed by atoms with van der Waals surface area (Å²) in [6, 6.07) is 8.28. The molecule has 104 valence electrons. The highest BCUT2D eigenvalue weighted by atomic mass is 32.2. The maximum absolute atomic E-state index is 11.5. The minimum absolute atomic E-state index is 0.197. The smallest absolute Gasteiger partial charge is 0.211 e. The van der Waals surface area contributed by atoms with Gasteiger partial charge in [0.2, 0.25) is 10.0 Å². The van der Waals surface area contributed by atoms with Gasteiger partial charge in [-0.05, 0) is 48.9 Å². The Morgan fingerprint density at radius 2 is 2.05 bits per heavy atom. The van der Waals surface area contributed by atoms with Gasteiger partial charge in [-0.25, -0.2) is 13.1 Å². The molecule has 4 nitrogen and oxygen atoms in total. The Morgan fingerprint density at radius 3 is 2.79 bits per heavy atom. The van der Waals surface area contributed by atoms with Gasteiger partial charge < -0.3 is 4.98 Å². The Hall–Kier alpha value is -1.33. The molecule has 0 spiro atoms. The first-order valence-corrected chi connectivity index (χ1v) is 8.21. The summed E-state index contributed by atoms with van der Waals surface area (Å²) in [6.45, 7) is 4.34. The zero-order valence-corrected chi connectivity index (χ0v) is 12.2. The Labute approximate surface area is 114 Å². The maximum Gasteiger partial charge on any atom is 0.211 e. The topological polar surface area (TPSA) is 62.0 Å². The van der Waals surface area contributed by atoms with E-state index in [-0.39, 0.29) is 5.75 Å². The number of aryl methyl sites for hydroxylation is 1. The third-order valence-electron chi connectivity index (χ3n) is 3.03. The Morgan fingerprint density at radius 1 is 1.26 bits per heavy atom. The van der Waals surface area contributed by atoms with Gasteiger partial charge in [0, 0.05) is 17.8 Å². The minimum atomic E-state index is -3.10. The lowest BCUT2D eigenvalue weighted by Gasteiger charge is -2.05. The van der Waals surface area contributed by atoms with Crippen LogP contribution in [-0.2, 0) is 16.4 Å². The van der Waals surface area contributed by atoms with Crippen molar-refractivity contribution < 1.29 is 8.42 Å². The van der Waals surface area contributed by atoms with Gasteiger partial charge in [-0.15, -0.1) is 0 Å². The summed E-state index contributed by atoms with van der Waals surface area (Å²) in [5, 5.41) is 1.17. The SMILES string of the molecule is CCCS(=O)(=O)NCCc1ccc2[nH]c(C)cc2c1. The van der Waals surface area contributed by atoms with Gasteiger partial charge in [-0.3, -0.25) is 0 Å². The predicted octanol–water partition coefficient (Wildman–Crippen LogP) is 2.35. The average molecular weight is 280 g/mol. The molecular weight excluding hydrogens is 260 g/mol. The average Bonchev–Trinajstić information content (AvgIpc) is 2.68. The van der Waals surface area contributed by atoms with Crippen molar-refractivity contribution in [2.75, 3.05) is 12.3 Å². The van der Waals surface area contributed by atoms with Crippen LogP contribution in [0.4, 0.5) is 0 Å². The molecule has 0 unspecified atom stereocenters. The summed E-state index contributed by atoms with van der Waals surface area (Å²) in [5.41, 5.74) is 3.40. The van der Waals surface area contributed by atoms with Crippen LogP contribution in [0.2, 0.25) is 0 Å². The summed E-state index contributed by atoms with van der Waals surface area (Å²) in [7, 11) is -3.10. The number of fused-ring (bicyclic) bond motifs is 1. The molecule has 0 bridgehead atoms. The Kier molecular flexibility index (Phi) is 4.27. The van der Waals surface area contributed by atoms with Crippen LogP contribution in [-0.4, -0.2) is 25.7 Å². The molecule has 1 aromatic carbocycles. The molecule has 2 N–H and O–H groups in total. The number of nitrogens with one attached hydrogen (secondary N) is 2. The van der Waals surface area contributed by atoms with Crippen LogP contribution in [0.3, 0.4) is 0 Å². The van der Waals surface area contributed by atoms with Crippen LogP contribution in [0.25, 0.3) is 10.9 Å². The first-order valence-electron chi connectivity index (χ1n) is 6.56. The van der Waals surface area contributed by atoms with Crippen molar-refractivity contribution in [2.45, 2.75) is 26.7 Å². The standard InChI is InChI=1S/C14H20N2O2S/c1-3-8-19(17,18)15-7-6-12-4-5-14-13(10-12)9-11(2)16-14/h4-5,9-10,15-16H,3,6-8H2,1-2H3. The fourth-order valence-corrected chi connectivity index (χ4v) is 3.27. The van der Waals surface area contributed by atoms with Gasteiger partial charge in [0.05, 0.1) is 5.75 Å². The minimum Gasteiger partial charge on any atom is -0.359 e. The van der Waals surface area contributed by atoms with Crippen molar-refractivity contribution in [3.05, 3.63) is 35.5 Å². The molecule has 0 radical (unpaired) electrons. The zero-order valence-electron chi connectivity index (χ0n) is 11.4. The molecule has 0 amide bonds. The van der Waals surface area contributed by atoms with Gasteiger partial charge in [-0.1, -0.05) is 13.0 Å². The third-order valence-corrected chi connectivity index (χ3v) is 4.62. The van der Waals surface area contributed by atoms with Crippen LogP contribution in [0.5, 0.6) is 0 Å². The summed E-state index contributed by atoms with van der Waals surface area (Å²) in [5.74, 6) is 0.197. The quantitative estimate of drug-likeness (QED) is 0.853. The van der Waals surface area contributed by atoms with E-state index in [1.807, 2.05) is 26.0 Å². The van der Waals surface area contributed by atoms with E-state index in [9.17, 15) is 8.42 Å². The van der Waals surface area contributed by atoms with Gasteiger partial charge in [-0.2, -0.15) is 0 Å². The highest BCUT2D eigenvalue weighted by Crippen LogP contribution is 2.17. The highest BCUT2D eigenvalue weighted by Gasteiger charge is 2.07. The molecule has 19 heavy (non-hydrogen) atoms. The number of benzene rings is 1. The lowest BCUT2D eigenvalue weighted by atomic mass is 10.1. The molecule has 5 heteroatoms. The van der Waals surface area contributed by atoms with Crippen molar-refractivity contribution in [1.29, 1.82) is 0 Å². The number of aromatic amines is 1. The molecule has 0 atom stereocenters. The number of rotatable bonds is 6. The largest absolute Gasteiger partial charge is 0.359 e. The van der Waals surface area contributed by atoms with E-state index in [4.69, 9.17) is 0 Å². The van der Waals surface area contributed by atoms with Gasteiger partial charge in [0.25, 0.3) is 0 Å². The van der Waals surface area contributed by atoms with Crippen molar-refractivity contribution >= 4 is 20.9 Å². The first-order chi connectivity index (χ1) is 9.00. The van der Waals surface area contributed by atoms with Crippen LogP contribution in [0, 0.1) is 6.92 Å². The molecule has 2 rings (SSSR count). The lowest BCUT2D eigenvalue weighted by Crippen LogP contribution is -2.28. The molecule has 1 heterocycles. The monoisotopic (exact) mass is 280 g/mol. The number of hydrogen-bond donors (Lipinski definition) is 2. The van der Waals surface area contributed by atoms with Crippen LogP contribution >= 0.6 is 0 Å². The Balaban J connectivity index is 1.98. The molecule has 0 aliphatic rings. The summed E-state index contributed by atoms with van der Waals surface area (Å²) in [4.78, 5) is 3.27. The van der Waals surface area contributed by atoms with E-state index in [1.165, 1.54) is 5.39 Å². The second-order valence-corrected chi connectivity index (χ2v) is 6.76. The normalized spacial score (nSPS) is 12.1. The van der Waals surface area contributed by atoms with Crippen molar-refractivity contribution in [3.63, 3.8) is 0 Å². The van der Waals surface area contributed by atoms with Gasteiger partial charge >= 0.3 is 0 Å². The van der Waals surface area contributed by atoms with Crippen molar-refractivity contribution in [1.82, 2.24) is 9.71 Å². The van der Waals surface area contributed by atoms with E-state index in [1.54, 1.807) is 0 Å². The van der Waals surface area contributed by atoms with Crippen LogP contribution in [0.1, 0.15) is 24.6 Å². The number of H-pyrrole nitrogens is 1. The predicted molar refractivity (Wildman–Crippen MR) is 78.8 cm³/mol. The van der Waals surface area contributed by atoms with E-state index in [0.29, 0.717) is 19.4 Å². The van der Waals surface area contributed by atoms with Crippen LogP contribution in [0.15, 0.2) is 24.3 Å². The van der Waals surface area contributed by atoms with E-state index in [2.05, 4.69) is 21.8 Å². The van der Waals surface area contributed by atoms with Crippen molar-refractivity contribution in [3.8, 4) is 0 Å². The lowest BCUT2D eigenvalue weighted by molar-refractivity contribution is 0.580. The fraction of sp³-hybridized carbons (Fsp3) is 0.429. The Bertz CT molecular complexity index is 659. The first kappa shape index (κ1) is 14.1. The fourth-order valence-electron chi connectivity index (χ4n) is 2.17. The maximum atomic E-state index is 11.5. The molecule has 0 saturated heterocycles. The van der Waals surface area contributed by atoms with Gasteiger partial charge in [0.15, 0.2) is 0 Å².